The van der Waals surface area contributed by atoms with E-state index in [1.54, 1.807) is 17.7 Å². The Balaban J connectivity index is 2.39. The van der Waals surface area contributed by atoms with E-state index in [9.17, 15) is 0 Å². The highest BCUT2D eigenvalue weighted by Gasteiger charge is 2.10. The van der Waals surface area contributed by atoms with Crippen LogP contribution >= 0.6 is 11.5 Å². The number of ether oxygens (including phenoxy) is 1. The minimum Gasteiger partial charge on any atom is -0.491 e. The Hall–Kier alpha value is -0.570. The standard InChI is InChI=1S/C6H7NOS/c1-2-6-5(8-3-1)4-7-9-6/h4H,1-3H2. The van der Waals surface area contributed by atoms with Crippen LogP contribution < -0.4 is 4.74 Å². The fourth-order valence-corrected chi connectivity index (χ4v) is 1.67. The van der Waals surface area contributed by atoms with E-state index < -0.39 is 0 Å². The molecular weight excluding hydrogens is 134 g/mol. The predicted octanol–water partition coefficient (Wildman–Crippen LogP) is 1.47. The molecule has 1 aromatic rings. The average molecular weight is 141 g/mol. The van der Waals surface area contributed by atoms with Gasteiger partial charge in [-0.15, -0.1) is 0 Å². The second kappa shape index (κ2) is 1.99. The van der Waals surface area contributed by atoms with Crippen molar-refractivity contribution in [2.24, 2.45) is 0 Å². The molecule has 2 heterocycles. The first-order valence-electron chi connectivity index (χ1n) is 3.03. The number of aromatic nitrogens is 1. The molecule has 2 nitrogen and oxygen atoms in total. The van der Waals surface area contributed by atoms with Gasteiger partial charge in [-0.2, -0.15) is 4.37 Å². The van der Waals surface area contributed by atoms with Gasteiger partial charge in [0.15, 0.2) is 5.75 Å². The first-order chi connectivity index (χ1) is 4.47. The number of hydrogen-bond acceptors (Lipinski definition) is 3. The number of rotatable bonds is 0. The van der Waals surface area contributed by atoms with Gasteiger partial charge in [-0.05, 0) is 24.4 Å². The zero-order valence-electron chi connectivity index (χ0n) is 4.96. The summed E-state index contributed by atoms with van der Waals surface area (Å²) in [6.07, 6.45) is 4.11. The molecule has 0 aliphatic carbocycles. The smallest absolute Gasteiger partial charge is 0.153 e. The molecule has 9 heavy (non-hydrogen) atoms. The molecule has 48 valence electrons. The maximum absolute atomic E-state index is 5.31. The molecule has 1 aromatic heterocycles. The van der Waals surface area contributed by atoms with E-state index in [4.69, 9.17) is 4.74 Å². The Morgan fingerprint density at radius 1 is 1.67 bits per heavy atom. The van der Waals surface area contributed by atoms with Crippen LogP contribution in [0.25, 0.3) is 0 Å². The second-order valence-corrected chi connectivity index (χ2v) is 2.95. The molecule has 0 aromatic carbocycles. The molecule has 0 unspecified atom stereocenters. The van der Waals surface area contributed by atoms with E-state index in [1.165, 1.54) is 4.88 Å². The highest BCUT2D eigenvalue weighted by molar-refractivity contribution is 7.06. The third kappa shape index (κ3) is 0.812. The SMILES string of the molecule is c1nsc2c1OCCC2. The summed E-state index contributed by atoms with van der Waals surface area (Å²) in [7, 11) is 0. The van der Waals surface area contributed by atoms with Crippen LogP contribution in [0.5, 0.6) is 5.75 Å². The summed E-state index contributed by atoms with van der Waals surface area (Å²) in [5, 5.41) is 0. The van der Waals surface area contributed by atoms with Crippen LogP contribution in [0.1, 0.15) is 11.3 Å². The molecule has 0 saturated heterocycles. The third-order valence-corrected chi connectivity index (χ3v) is 2.25. The summed E-state index contributed by atoms with van der Waals surface area (Å²) >= 11 is 1.55. The summed E-state index contributed by atoms with van der Waals surface area (Å²) in [5.74, 6) is 1.01. The predicted molar refractivity (Wildman–Crippen MR) is 35.9 cm³/mol. The zero-order chi connectivity index (χ0) is 6.10. The van der Waals surface area contributed by atoms with Gasteiger partial charge >= 0.3 is 0 Å². The number of hydrogen-bond donors (Lipinski definition) is 0. The van der Waals surface area contributed by atoms with Gasteiger partial charge < -0.3 is 4.74 Å². The topological polar surface area (TPSA) is 22.1 Å². The van der Waals surface area contributed by atoms with Crippen LogP contribution in [0.2, 0.25) is 0 Å². The van der Waals surface area contributed by atoms with Crippen molar-refractivity contribution in [1.82, 2.24) is 4.37 Å². The van der Waals surface area contributed by atoms with Crippen LogP contribution in [0.4, 0.5) is 0 Å². The number of nitrogens with zero attached hydrogens (tertiary/aromatic N) is 1. The summed E-state index contributed by atoms with van der Waals surface area (Å²) < 4.78 is 9.33. The molecule has 2 rings (SSSR count). The Morgan fingerprint density at radius 2 is 2.67 bits per heavy atom. The van der Waals surface area contributed by atoms with Crippen molar-refractivity contribution in [3.63, 3.8) is 0 Å². The van der Waals surface area contributed by atoms with Crippen molar-refractivity contribution < 1.29 is 4.74 Å². The first kappa shape index (κ1) is 5.23. The maximum Gasteiger partial charge on any atom is 0.153 e. The molecule has 1 aliphatic heterocycles. The molecule has 0 spiro atoms. The highest BCUT2D eigenvalue weighted by atomic mass is 32.1. The van der Waals surface area contributed by atoms with Crippen LogP contribution in [0.3, 0.4) is 0 Å². The lowest BCUT2D eigenvalue weighted by atomic mass is 10.2. The molecule has 0 fully saturated rings. The van der Waals surface area contributed by atoms with E-state index in [2.05, 4.69) is 4.37 Å². The largest absolute Gasteiger partial charge is 0.491 e. The van der Waals surface area contributed by atoms with Crippen molar-refractivity contribution in [1.29, 1.82) is 0 Å². The number of aryl methyl sites for hydroxylation is 1. The quantitative estimate of drug-likeness (QED) is 0.545. The van der Waals surface area contributed by atoms with E-state index in [0.717, 1.165) is 25.2 Å². The molecule has 0 saturated carbocycles. The average Bonchev–Trinajstić information content (AvgIpc) is 2.33. The zero-order valence-corrected chi connectivity index (χ0v) is 5.78. The van der Waals surface area contributed by atoms with E-state index >= 15 is 0 Å². The molecule has 3 heteroatoms. The maximum atomic E-state index is 5.31. The molecule has 0 atom stereocenters. The lowest BCUT2D eigenvalue weighted by molar-refractivity contribution is 0.291. The molecule has 0 N–H and O–H groups in total. The van der Waals surface area contributed by atoms with Gasteiger partial charge in [-0.25, -0.2) is 0 Å². The van der Waals surface area contributed by atoms with E-state index in [1.807, 2.05) is 0 Å². The van der Waals surface area contributed by atoms with Gasteiger partial charge in [0.2, 0.25) is 0 Å². The fourth-order valence-electron chi connectivity index (χ4n) is 0.956. The van der Waals surface area contributed by atoms with Gasteiger partial charge in [-0.3, -0.25) is 0 Å². The summed E-state index contributed by atoms with van der Waals surface area (Å²) in [6.45, 7) is 0.866. The van der Waals surface area contributed by atoms with Crippen molar-refractivity contribution >= 4 is 11.5 Å². The highest BCUT2D eigenvalue weighted by Crippen LogP contribution is 2.26. The minimum absolute atomic E-state index is 0.866. The van der Waals surface area contributed by atoms with Crippen LogP contribution in [-0.4, -0.2) is 11.0 Å². The summed E-state index contributed by atoms with van der Waals surface area (Å²) in [4.78, 5) is 1.31. The van der Waals surface area contributed by atoms with Crippen molar-refractivity contribution in [3.05, 3.63) is 11.1 Å². The normalized spacial score (nSPS) is 16.4. The molecule has 0 bridgehead atoms. The van der Waals surface area contributed by atoms with Gasteiger partial charge in [0.05, 0.1) is 17.7 Å². The minimum atomic E-state index is 0.866. The monoisotopic (exact) mass is 141 g/mol. The van der Waals surface area contributed by atoms with Crippen LogP contribution in [0.15, 0.2) is 6.20 Å². The lowest BCUT2D eigenvalue weighted by Crippen LogP contribution is -2.04. The van der Waals surface area contributed by atoms with Gasteiger partial charge in [0, 0.05) is 0 Å². The summed E-state index contributed by atoms with van der Waals surface area (Å²) in [6, 6.07) is 0. The Morgan fingerprint density at radius 3 is 3.56 bits per heavy atom. The molecule has 1 aliphatic rings. The fraction of sp³-hybridized carbons (Fsp3) is 0.500. The third-order valence-electron chi connectivity index (χ3n) is 1.41. The van der Waals surface area contributed by atoms with Crippen LogP contribution in [0, 0.1) is 0 Å². The van der Waals surface area contributed by atoms with Crippen molar-refractivity contribution in [3.8, 4) is 5.75 Å². The van der Waals surface area contributed by atoms with E-state index in [0.29, 0.717) is 0 Å². The van der Waals surface area contributed by atoms with Gasteiger partial charge in [-0.1, -0.05) is 0 Å². The lowest BCUT2D eigenvalue weighted by Gasteiger charge is -2.10. The molecule has 0 radical (unpaired) electrons. The second-order valence-electron chi connectivity index (χ2n) is 2.07. The van der Waals surface area contributed by atoms with Gasteiger partial charge in [0.1, 0.15) is 0 Å². The summed E-state index contributed by atoms with van der Waals surface area (Å²) in [5.41, 5.74) is 0. The Bertz CT molecular complexity index is 188. The Kier molecular flexibility index (Phi) is 1.16. The van der Waals surface area contributed by atoms with Crippen LogP contribution in [-0.2, 0) is 6.42 Å². The Labute approximate surface area is 57.6 Å². The van der Waals surface area contributed by atoms with E-state index in [-0.39, 0.29) is 0 Å². The van der Waals surface area contributed by atoms with Crippen molar-refractivity contribution in [2.75, 3.05) is 6.61 Å². The molecule has 0 amide bonds. The van der Waals surface area contributed by atoms with Crippen molar-refractivity contribution in [2.45, 2.75) is 12.8 Å². The number of fused-ring (bicyclic) bond motifs is 1. The van der Waals surface area contributed by atoms with Gasteiger partial charge in [0.25, 0.3) is 0 Å². The molecular formula is C6H7NOS. The first-order valence-corrected chi connectivity index (χ1v) is 3.80.